The van der Waals surface area contributed by atoms with E-state index < -0.39 is 5.97 Å². The molecule has 3 heteroatoms. The Labute approximate surface area is 125 Å². The molecule has 0 heterocycles. The van der Waals surface area contributed by atoms with E-state index in [1.165, 1.54) is 70.6 Å². The molecule has 0 saturated heterocycles. The molecule has 0 aromatic heterocycles. The van der Waals surface area contributed by atoms with E-state index in [0.717, 1.165) is 12.5 Å². The number of unbranched alkanes of at least 4 members (excludes halogenated alkanes) is 11. The summed E-state index contributed by atoms with van der Waals surface area (Å²) in [6.45, 7) is 5.60. The van der Waals surface area contributed by atoms with Crippen LogP contribution in [0.2, 0.25) is 0 Å². The van der Waals surface area contributed by atoms with Crippen LogP contribution in [-0.2, 0) is 4.79 Å². The van der Waals surface area contributed by atoms with E-state index in [4.69, 9.17) is 10.2 Å². The summed E-state index contributed by atoms with van der Waals surface area (Å²) >= 11 is 0. The predicted octanol–water partition coefficient (Wildman–Crippen LogP) is 4.94. The lowest BCUT2D eigenvalue weighted by molar-refractivity contribution is -0.131. The number of aliphatic hydroxyl groups is 1. The van der Waals surface area contributed by atoms with E-state index in [1.54, 1.807) is 0 Å². The molecule has 0 radical (unpaired) electrons. The number of hydrogen-bond acceptors (Lipinski definition) is 2. The Morgan fingerprint density at radius 2 is 1.15 bits per heavy atom. The molecule has 0 unspecified atom stereocenters. The van der Waals surface area contributed by atoms with Gasteiger partial charge in [-0.3, -0.25) is 0 Å². The second-order valence-corrected chi connectivity index (χ2v) is 5.16. The zero-order chi connectivity index (χ0) is 15.5. The SMILES string of the molecule is C=CC(=O)O.CCCCCCCCCCCCCCO. The molecule has 0 aliphatic heterocycles. The first kappa shape index (κ1) is 21.5. The highest BCUT2D eigenvalue weighted by atomic mass is 16.4. The van der Waals surface area contributed by atoms with Gasteiger partial charge in [0, 0.05) is 12.7 Å². The van der Waals surface area contributed by atoms with Crippen molar-refractivity contribution in [2.24, 2.45) is 0 Å². The van der Waals surface area contributed by atoms with Gasteiger partial charge < -0.3 is 10.2 Å². The van der Waals surface area contributed by atoms with Crippen molar-refractivity contribution in [3.05, 3.63) is 12.7 Å². The van der Waals surface area contributed by atoms with Crippen LogP contribution in [0.4, 0.5) is 0 Å². The maximum absolute atomic E-state index is 9.25. The molecule has 3 nitrogen and oxygen atoms in total. The van der Waals surface area contributed by atoms with Crippen LogP contribution < -0.4 is 0 Å². The average Bonchev–Trinajstić information content (AvgIpc) is 2.45. The van der Waals surface area contributed by atoms with Crippen LogP contribution in [0.1, 0.15) is 84.0 Å². The Kier molecular flexibility index (Phi) is 22.0. The Morgan fingerprint density at radius 1 is 0.850 bits per heavy atom. The maximum Gasteiger partial charge on any atom is 0.327 e. The first-order valence-electron chi connectivity index (χ1n) is 8.15. The molecule has 0 aliphatic carbocycles. The minimum atomic E-state index is -0.981. The highest BCUT2D eigenvalue weighted by Crippen LogP contribution is 2.11. The van der Waals surface area contributed by atoms with Crippen molar-refractivity contribution in [2.45, 2.75) is 84.0 Å². The molecule has 0 bridgehead atoms. The molecule has 0 fully saturated rings. The van der Waals surface area contributed by atoms with E-state index in [-0.39, 0.29) is 0 Å². The molecule has 0 atom stereocenters. The van der Waals surface area contributed by atoms with Crippen molar-refractivity contribution >= 4 is 5.97 Å². The quantitative estimate of drug-likeness (QED) is 0.372. The number of carboxylic acids is 1. The van der Waals surface area contributed by atoms with Gasteiger partial charge in [0.2, 0.25) is 0 Å². The van der Waals surface area contributed by atoms with E-state index in [1.807, 2.05) is 0 Å². The predicted molar refractivity (Wildman–Crippen MR) is 86.0 cm³/mol. The van der Waals surface area contributed by atoms with E-state index in [2.05, 4.69) is 13.5 Å². The normalized spacial score (nSPS) is 9.70. The van der Waals surface area contributed by atoms with Gasteiger partial charge in [0.25, 0.3) is 0 Å². The maximum atomic E-state index is 9.25. The third kappa shape index (κ3) is 25.9. The van der Waals surface area contributed by atoms with Crippen LogP contribution in [0.25, 0.3) is 0 Å². The second kappa shape index (κ2) is 20.5. The van der Waals surface area contributed by atoms with Gasteiger partial charge in [-0.05, 0) is 6.42 Å². The van der Waals surface area contributed by atoms with E-state index >= 15 is 0 Å². The van der Waals surface area contributed by atoms with Gasteiger partial charge in [0.15, 0.2) is 0 Å². The molecule has 0 amide bonds. The summed E-state index contributed by atoms with van der Waals surface area (Å²) in [4.78, 5) is 9.25. The van der Waals surface area contributed by atoms with Gasteiger partial charge in [-0.15, -0.1) is 0 Å². The first-order valence-corrected chi connectivity index (χ1v) is 8.15. The smallest absolute Gasteiger partial charge is 0.327 e. The van der Waals surface area contributed by atoms with Crippen molar-refractivity contribution in [3.8, 4) is 0 Å². The average molecular weight is 286 g/mol. The monoisotopic (exact) mass is 286 g/mol. The van der Waals surface area contributed by atoms with Gasteiger partial charge in [-0.2, -0.15) is 0 Å². The molecule has 0 aromatic carbocycles. The molecule has 0 aromatic rings. The molecule has 2 N–H and O–H groups in total. The number of aliphatic carboxylic acids is 1. The highest BCUT2D eigenvalue weighted by Gasteiger charge is 1.92. The van der Waals surface area contributed by atoms with Crippen molar-refractivity contribution in [1.82, 2.24) is 0 Å². The van der Waals surface area contributed by atoms with Crippen LogP contribution >= 0.6 is 0 Å². The topological polar surface area (TPSA) is 57.5 Å². The van der Waals surface area contributed by atoms with Crippen molar-refractivity contribution in [2.75, 3.05) is 6.61 Å². The molecule has 0 rings (SSSR count). The van der Waals surface area contributed by atoms with Crippen LogP contribution in [0.5, 0.6) is 0 Å². The highest BCUT2D eigenvalue weighted by molar-refractivity contribution is 5.78. The Morgan fingerprint density at radius 3 is 1.40 bits per heavy atom. The van der Waals surface area contributed by atoms with Gasteiger partial charge in [-0.1, -0.05) is 84.1 Å². The largest absolute Gasteiger partial charge is 0.478 e. The van der Waals surface area contributed by atoms with Crippen molar-refractivity contribution in [1.29, 1.82) is 0 Å². The Bertz CT molecular complexity index is 190. The van der Waals surface area contributed by atoms with Crippen LogP contribution in [-0.4, -0.2) is 22.8 Å². The zero-order valence-electron chi connectivity index (χ0n) is 13.3. The van der Waals surface area contributed by atoms with Crippen LogP contribution in [0, 0.1) is 0 Å². The van der Waals surface area contributed by atoms with Gasteiger partial charge >= 0.3 is 5.97 Å². The second-order valence-electron chi connectivity index (χ2n) is 5.16. The standard InChI is InChI=1S/C14H30O.C3H4O2/c1-2-3-4-5-6-7-8-9-10-11-12-13-14-15;1-2-3(4)5/h15H,2-14H2,1H3;2H,1H2,(H,4,5). The third-order valence-electron chi connectivity index (χ3n) is 3.19. The molecule has 0 spiro atoms. The lowest BCUT2D eigenvalue weighted by Crippen LogP contribution is -1.84. The zero-order valence-corrected chi connectivity index (χ0v) is 13.3. The molecule has 0 saturated carbocycles. The first-order chi connectivity index (χ1) is 9.68. The number of rotatable bonds is 13. The minimum absolute atomic E-state index is 0.372. The van der Waals surface area contributed by atoms with Gasteiger partial charge in [0.1, 0.15) is 0 Å². The van der Waals surface area contributed by atoms with Crippen molar-refractivity contribution < 1.29 is 15.0 Å². The summed E-state index contributed by atoms with van der Waals surface area (Å²) < 4.78 is 0. The summed E-state index contributed by atoms with van der Waals surface area (Å²) in [5.74, 6) is -0.981. The molecular formula is C17H34O3. The fraction of sp³-hybridized carbons (Fsp3) is 0.824. The van der Waals surface area contributed by atoms with Gasteiger partial charge in [-0.25, -0.2) is 4.79 Å². The number of carboxylic acid groups (broad SMARTS) is 1. The molecular weight excluding hydrogens is 252 g/mol. The van der Waals surface area contributed by atoms with E-state index in [0.29, 0.717) is 6.61 Å². The van der Waals surface area contributed by atoms with Gasteiger partial charge in [0.05, 0.1) is 0 Å². The Hall–Kier alpha value is -0.830. The molecule has 20 heavy (non-hydrogen) atoms. The third-order valence-corrected chi connectivity index (χ3v) is 3.19. The summed E-state index contributed by atoms with van der Waals surface area (Å²) in [5.41, 5.74) is 0. The lowest BCUT2D eigenvalue weighted by Gasteiger charge is -2.01. The van der Waals surface area contributed by atoms with Crippen LogP contribution in [0.15, 0.2) is 12.7 Å². The minimum Gasteiger partial charge on any atom is -0.478 e. The van der Waals surface area contributed by atoms with Crippen molar-refractivity contribution in [3.63, 3.8) is 0 Å². The lowest BCUT2D eigenvalue weighted by atomic mass is 10.1. The number of carbonyl (C=O) groups is 1. The summed E-state index contributed by atoms with van der Waals surface area (Å²) in [5, 5.41) is 16.2. The number of aliphatic hydroxyl groups excluding tert-OH is 1. The summed E-state index contributed by atoms with van der Waals surface area (Å²) in [6.07, 6.45) is 17.1. The Balaban J connectivity index is 0. The van der Waals surface area contributed by atoms with Crippen LogP contribution in [0.3, 0.4) is 0 Å². The molecule has 120 valence electrons. The fourth-order valence-corrected chi connectivity index (χ4v) is 1.95. The fourth-order valence-electron chi connectivity index (χ4n) is 1.95. The van der Waals surface area contributed by atoms with E-state index in [9.17, 15) is 4.79 Å². The molecule has 0 aliphatic rings. The summed E-state index contributed by atoms with van der Waals surface area (Å²) in [7, 11) is 0. The number of hydrogen-bond donors (Lipinski definition) is 2. The summed E-state index contributed by atoms with van der Waals surface area (Å²) in [6, 6.07) is 0.